The monoisotopic (exact) mass is 409 g/mol. The molecule has 1 unspecified atom stereocenters. The number of sulfonamides is 1. The first-order valence-corrected chi connectivity index (χ1v) is 10.5. The largest absolute Gasteiger partial charge is 0.467 e. The van der Waals surface area contributed by atoms with Crippen LogP contribution in [0.2, 0.25) is 0 Å². The number of benzene rings is 2. The maximum Gasteiger partial charge on any atom is 0.279 e. The highest BCUT2D eigenvalue weighted by atomic mass is 32.2. The fourth-order valence-electron chi connectivity index (χ4n) is 3.26. The van der Waals surface area contributed by atoms with E-state index in [4.69, 9.17) is 4.42 Å². The summed E-state index contributed by atoms with van der Waals surface area (Å²) in [6.45, 7) is 1.43. The molecular formula is C21H19N3O4S. The van der Waals surface area contributed by atoms with Crippen LogP contribution >= 0.6 is 0 Å². The normalized spacial score (nSPS) is 16.5. The lowest BCUT2D eigenvalue weighted by atomic mass is 10.0. The summed E-state index contributed by atoms with van der Waals surface area (Å²) in [4.78, 5) is 11.5. The Labute approximate surface area is 168 Å². The number of amides is 1. The molecule has 1 aliphatic rings. The second kappa shape index (κ2) is 7.56. The van der Waals surface area contributed by atoms with Crippen molar-refractivity contribution in [3.05, 3.63) is 84.3 Å². The van der Waals surface area contributed by atoms with E-state index in [0.29, 0.717) is 23.6 Å². The highest BCUT2D eigenvalue weighted by Gasteiger charge is 2.39. The molecule has 0 fully saturated rings. The topological polar surface area (TPSA) is 92.0 Å². The van der Waals surface area contributed by atoms with Gasteiger partial charge < -0.3 is 9.73 Å². The van der Waals surface area contributed by atoms with Crippen LogP contribution in [0.15, 0.2) is 87.4 Å². The maximum absolute atomic E-state index is 13.2. The van der Waals surface area contributed by atoms with E-state index in [9.17, 15) is 13.2 Å². The van der Waals surface area contributed by atoms with Gasteiger partial charge in [-0.05, 0) is 42.0 Å². The minimum absolute atomic E-state index is 0.161. The zero-order valence-corrected chi connectivity index (χ0v) is 16.5. The molecule has 3 aromatic rings. The predicted molar refractivity (Wildman–Crippen MR) is 109 cm³/mol. The molecule has 0 spiro atoms. The molecule has 1 N–H and O–H groups in total. The van der Waals surface area contributed by atoms with Gasteiger partial charge in [0.05, 0.1) is 16.9 Å². The third kappa shape index (κ3) is 3.79. The Balaban J connectivity index is 1.75. The predicted octanol–water partition coefficient (Wildman–Crippen LogP) is 3.78. The average molecular weight is 409 g/mol. The third-order valence-corrected chi connectivity index (χ3v) is 6.24. The Morgan fingerprint density at radius 2 is 1.90 bits per heavy atom. The van der Waals surface area contributed by atoms with Crippen molar-refractivity contribution >= 4 is 27.3 Å². The van der Waals surface area contributed by atoms with Crippen molar-refractivity contribution in [3.8, 4) is 0 Å². The second-order valence-corrected chi connectivity index (χ2v) is 8.43. The number of hydrogen-bond acceptors (Lipinski definition) is 5. The van der Waals surface area contributed by atoms with E-state index in [1.807, 2.05) is 6.07 Å². The van der Waals surface area contributed by atoms with Crippen molar-refractivity contribution < 1.29 is 17.6 Å². The van der Waals surface area contributed by atoms with Crippen molar-refractivity contribution in [2.45, 2.75) is 24.3 Å². The quantitative estimate of drug-likeness (QED) is 0.694. The average Bonchev–Trinajstić information content (AvgIpc) is 3.38. The fourth-order valence-corrected chi connectivity index (χ4v) is 4.69. The number of hydrazone groups is 1. The number of anilines is 1. The third-order valence-electron chi connectivity index (χ3n) is 4.55. The first-order valence-electron chi connectivity index (χ1n) is 9.03. The molecule has 2 aromatic carbocycles. The number of rotatable bonds is 5. The van der Waals surface area contributed by atoms with Crippen LogP contribution in [-0.4, -0.2) is 24.5 Å². The molecule has 0 saturated heterocycles. The molecule has 0 aliphatic carbocycles. The van der Waals surface area contributed by atoms with E-state index in [0.717, 1.165) is 9.98 Å². The number of nitrogens with zero attached hydrogens (tertiary/aromatic N) is 2. The summed E-state index contributed by atoms with van der Waals surface area (Å²) >= 11 is 0. The zero-order valence-electron chi connectivity index (χ0n) is 15.6. The van der Waals surface area contributed by atoms with Crippen LogP contribution in [0.1, 0.15) is 30.7 Å². The van der Waals surface area contributed by atoms with E-state index >= 15 is 0 Å². The van der Waals surface area contributed by atoms with Gasteiger partial charge in [-0.15, -0.1) is 0 Å². The van der Waals surface area contributed by atoms with Crippen molar-refractivity contribution in [1.29, 1.82) is 0 Å². The highest BCUT2D eigenvalue weighted by molar-refractivity contribution is 7.89. The van der Waals surface area contributed by atoms with E-state index in [2.05, 4.69) is 10.4 Å². The highest BCUT2D eigenvalue weighted by Crippen LogP contribution is 2.37. The Bertz CT molecular complexity index is 1160. The molecule has 4 rings (SSSR count). The molecule has 1 amide bonds. The van der Waals surface area contributed by atoms with Gasteiger partial charge in [-0.25, -0.2) is 0 Å². The standard InChI is InChI=1S/C21H19N3O4S/c1-15(25)22-17-8-5-7-16(13-17)19-14-20(21-11-6-12-28-21)24(23-19)29(26,27)18-9-3-2-4-10-18/h2-13,20H,14H2,1H3,(H,22,25). The first kappa shape index (κ1) is 18.9. The van der Waals surface area contributed by atoms with Crippen LogP contribution in [0.4, 0.5) is 5.69 Å². The Morgan fingerprint density at radius 3 is 2.59 bits per heavy atom. The molecule has 29 heavy (non-hydrogen) atoms. The van der Waals surface area contributed by atoms with Gasteiger partial charge in [0.25, 0.3) is 10.0 Å². The second-order valence-electron chi connectivity index (χ2n) is 6.63. The zero-order chi connectivity index (χ0) is 20.4. The molecule has 8 heteroatoms. The van der Waals surface area contributed by atoms with Crippen LogP contribution in [0.3, 0.4) is 0 Å². The smallest absolute Gasteiger partial charge is 0.279 e. The number of nitrogens with one attached hydrogen (secondary N) is 1. The van der Waals surface area contributed by atoms with Gasteiger partial charge in [0.15, 0.2) is 0 Å². The Kier molecular flexibility index (Phi) is 4.94. The lowest BCUT2D eigenvalue weighted by Gasteiger charge is -2.21. The minimum atomic E-state index is -3.87. The van der Waals surface area contributed by atoms with Gasteiger partial charge in [-0.1, -0.05) is 30.3 Å². The molecule has 0 radical (unpaired) electrons. The summed E-state index contributed by atoms with van der Waals surface area (Å²) in [7, 11) is -3.87. The van der Waals surface area contributed by atoms with Gasteiger partial charge in [-0.3, -0.25) is 4.79 Å². The lowest BCUT2D eigenvalue weighted by Crippen LogP contribution is -2.27. The molecule has 148 valence electrons. The van der Waals surface area contributed by atoms with Crippen LogP contribution < -0.4 is 5.32 Å². The van der Waals surface area contributed by atoms with Gasteiger partial charge in [0, 0.05) is 19.0 Å². The van der Waals surface area contributed by atoms with Gasteiger partial charge in [0.2, 0.25) is 5.91 Å². The van der Waals surface area contributed by atoms with E-state index in [-0.39, 0.29) is 10.8 Å². The van der Waals surface area contributed by atoms with E-state index < -0.39 is 16.1 Å². The van der Waals surface area contributed by atoms with Crippen LogP contribution in [0.5, 0.6) is 0 Å². The molecule has 7 nitrogen and oxygen atoms in total. The van der Waals surface area contributed by atoms with Gasteiger partial charge in [0.1, 0.15) is 11.8 Å². The minimum Gasteiger partial charge on any atom is -0.467 e. The molecular weight excluding hydrogens is 390 g/mol. The molecule has 2 heterocycles. The van der Waals surface area contributed by atoms with E-state index in [1.165, 1.54) is 13.2 Å². The van der Waals surface area contributed by atoms with Crippen molar-refractivity contribution in [3.63, 3.8) is 0 Å². The fraction of sp³-hybridized carbons (Fsp3) is 0.143. The van der Waals surface area contributed by atoms with Crippen molar-refractivity contribution in [2.75, 3.05) is 5.32 Å². The van der Waals surface area contributed by atoms with Crippen molar-refractivity contribution in [2.24, 2.45) is 5.10 Å². The summed E-state index contributed by atoms with van der Waals surface area (Å²) in [6.07, 6.45) is 1.86. The number of furan rings is 1. The van der Waals surface area contributed by atoms with Crippen LogP contribution in [0, 0.1) is 0 Å². The Hall–Kier alpha value is -3.39. The van der Waals surface area contributed by atoms with Crippen LogP contribution in [-0.2, 0) is 14.8 Å². The first-order chi connectivity index (χ1) is 13.9. The summed E-state index contributed by atoms with van der Waals surface area (Å²) in [5, 5.41) is 7.18. The van der Waals surface area contributed by atoms with Gasteiger partial charge >= 0.3 is 0 Å². The maximum atomic E-state index is 13.2. The van der Waals surface area contributed by atoms with Crippen molar-refractivity contribution in [1.82, 2.24) is 4.41 Å². The molecule has 1 aliphatic heterocycles. The summed E-state index contributed by atoms with van der Waals surface area (Å²) in [5.41, 5.74) is 1.95. The molecule has 1 atom stereocenters. The molecule has 0 saturated carbocycles. The SMILES string of the molecule is CC(=O)Nc1cccc(C2=NN(S(=O)(=O)c3ccccc3)C(c3ccco3)C2)c1. The number of carbonyl (C=O) groups excluding carboxylic acids is 1. The molecule has 1 aromatic heterocycles. The Morgan fingerprint density at radius 1 is 1.10 bits per heavy atom. The number of hydrogen-bond donors (Lipinski definition) is 1. The van der Waals surface area contributed by atoms with Crippen LogP contribution in [0.25, 0.3) is 0 Å². The number of carbonyl (C=O) groups is 1. The molecule has 0 bridgehead atoms. The van der Waals surface area contributed by atoms with Gasteiger partial charge in [-0.2, -0.15) is 17.9 Å². The summed E-state index contributed by atoms with van der Waals surface area (Å²) in [5.74, 6) is 0.332. The summed E-state index contributed by atoms with van der Waals surface area (Å²) in [6, 6.07) is 18.2. The van der Waals surface area contributed by atoms with E-state index in [1.54, 1.807) is 60.7 Å². The lowest BCUT2D eigenvalue weighted by molar-refractivity contribution is -0.114. The summed E-state index contributed by atoms with van der Waals surface area (Å²) < 4.78 is 33.1.